The van der Waals surface area contributed by atoms with Crippen LogP contribution in [0.15, 0.2) is 36.7 Å². The first-order valence-electron chi connectivity index (χ1n) is 8.52. The molecule has 1 fully saturated rings. The molecule has 1 aliphatic rings. The van der Waals surface area contributed by atoms with E-state index in [9.17, 15) is 10.1 Å². The standard InChI is InChI=1S/C19H21N5O/c1-2-18-21-12-17(13-22-18)19(25)24-9-7-23(8-10-24)14-16-6-4-3-5-15(16)11-20/h3-6,12-13H,2,7-10,14H2,1H3. The fourth-order valence-corrected chi connectivity index (χ4v) is 2.95. The number of amides is 1. The Hall–Kier alpha value is -2.78. The van der Waals surface area contributed by atoms with Crippen LogP contribution in [0.3, 0.4) is 0 Å². The third-order valence-electron chi connectivity index (χ3n) is 4.46. The van der Waals surface area contributed by atoms with Gasteiger partial charge in [0.25, 0.3) is 5.91 Å². The normalized spacial score (nSPS) is 15.0. The number of aryl methyl sites for hydroxylation is 1. The molecule has 0 saturated carbocycles. The highest BCUT2D eigenvalue weighted by atomic mass is 16.2. The van der Waals surface area contributed by atoms with Gasteiger partial charge in [0.05, 0.1) is 17.2 Å². The van der Waals surface area contributed by atoms with E-state index in [0.29, 0.717) is 24.2 Å². The smallest absolute Gasteiger partial charge is 0.257 e. The van der Waals surface area contributed by atoms with Crippen molar-refractivity contribution in [2.24, 2.45) is 0 Å². The molecule has 1 saturated heterocycles. The first-order valence-corrected chi connectivity index (χ1v) is 8.52. The quantitative estimate of drug-likeness (QED) is 0.853. The van der Waals surface area contributed by atoms with Gasteiger partial charge in [-0.25, -0.2) is 9.97 Å². The Labute approximate surface area is 147 Å². The second-order valence-corrected chi connectivity index (χ2v) is 6.08. The predicted octanol–water partition coefficient (Wildman–Crippen LogP) is 1.87. The summed E-state index contributed by atoms with van der Waals surface area (Å²) in [6, 6.07) is 9.90. The van der Waals surface area contributed by atoms with Gasteiger partial charge in [-0.1, -0.05) is 25.1 Å². The molecular weight excluding hydrogens is 314 g/mol. The van der Waals surface area contributed by atoms with E-state index in [0.717, 1.165) is 37.4 Å². The number of carbonyl (C=O) groups excluding carboxylic acids is 1. The van der Waals surface area contributed by atoms with Gasteiger partial charge in [0.1, 0.15) is 5.82 Å². The van der Waals surface area contributed by atoms with Crippen LogP contribution < -0.4 is 0 Å². The number of aromatic nitrogens is 2. The van der Waals surface area contributed by atoms with Gasteiger partial charge in [-0.15, -0.1) is 0 Å². The highest BCUT2D eigenvalue weighted by Crippen LogP contribution is 2.14. The van der Waals surface area contributed by atoms with Gasteiger partial charge in [0.2, 0.25) is 0 Å². The molecular formula is C19H21N5O. The van der Waals surface area contributed by atoms with Crippen LogP contribution >= 0.6 is 0 Å². The molecule has 6 heteroatoms. The minimum Gasteiger partial charge on any atom is -0.336 e. The Morgan fingerprint density at radius 3 is 2.48 bits per heavy atom. The molecule has 1 aromatic carbocycles. The molecule has 2 aromatic rings. The van der Waals surface area contributed by atoms with Crippen molar-refractivity contribution in [3.8, 4) is 6.07 Å². The highest BCUT2D eigenvalue weighted by Gasteiger charge is 2.23. The first-order chi connectivity index (χ1) is 12.2. The lowest BCUT2D eigenvalue weighted by Gasteiger charge is -2.34. The van der Waals surface area contributed by atoms with Gasteiger partial charge in [-0.2, -0.15) is 5.26 Å². The van der Waals surface area contributed by atoms with E-state index in [4.69, 9.17) is 0 Å². The largest absolute Gasteiger partial charge is 0.336 e. The van der Waals surface area contributed by atoms with E-state index in [1.165, 1.54) is 0 Å². The van der Waals surface area contributed by atoms with Gasteiger partial charge in [0, 0.05) is 51.5 Å². The molecule has 2 heterocycles. The van der Waals surface area contributed by atoms with Crippen LogP contribution in [0.1, 0.15) is 34.2 Å². The molecule has 25 heavy (non-hydrogen) atoms. The monoisotopic (exact) mass is 335 g/mol. The summed E-state index contributed by atoms with van der Waals surface area (Å²) in [5, 5.41) is 9.19. The summed E-state index contributed by atoms with van der Waals surface area (Å²) in [4.78, 5) is 25.1. The van der Waals surface area contributed by atoms with E-state index in [2.05, 4.69) is 20.9 Å². The number of nitriles is 1. The lowest BCUT2D eigenvalue weighted by molar-refractivity contribution is 0.0627. The maximum Gasteiger partial charge on any atom is 0.257 e. The van der Waals surface area contributed by atoms with Crippen molar-refractivity contribution in [1.82, 2.24) is 19.8 Å². The van der Waals surface area contributed by atoms with Crippen molar-refractivity contribution < 1.29 is 4.79 Å². The number of rotatable bonds is 4. The molecule has 0 aliphatic carbocycles. The van der Waals surface area contributed by atoms with Gasteiger partial charge >= 0.3 is 0 Å². The van der Waals surface area contributed by atoms with Crippen LogP contribution in [0.2, 0.25) is 0 Å². The van der Waals surface area contributed by atoms with Gasteiger partial charge in [-0.3, -0.25) is 9.69 Å². The Kier molecular flexibility index (Phi) is 5.36. The molecule has 1 aromatic heterocycles. The SMILES string of the molecule is CCc1ncc(C(=O)N2CCN(Cc3ccccc3C#N)CC2)cn1. The average Bonchev–Trinajstić information content (AvgIpc) is 2.68. The van der Waals surface area contributed by atoms with Crippen LogP contribution in [0.25, 0.3) is 0 Å². The number of nitrogens with zero attached hydrogens (tertiary/aromatic N) is 5. The van der Waals surface area contributed by atoms with Crippen LogP contribution in [-0.2, 0) is 13.0 Å². The van der Waals surface area contributed by atoms with Crippen molar-refractivity contribution >= 4 is 5.91 Å². The fourth-order valence-electron chi connectivity index (χ4n) is 2.95. The number of hydrogen-bond donors (Lipinski definition) is 0. The molecule has 0 radical (unpaired) electrons. The van der Waals surface area contributed by atoms with Crippen molar-refractivity contribution in [3.63, 3.8) is 0 Å². The van der Waals surface area contributed by atoms with E-state index in [1.807, 2.05) is 36.1 Å². The summed E-state index contributed by atoms with van der Waals surface area (Å²) in [6.45, 7) is 5.64. The molecule has 0 bridgehead atoms. The number of benzene rings is 1. The van der Waals surface area contributed by atoms with Gasteiger partial charge < -0.3 is 4.90 Å². The van der Waals surface area contributed by atoms with Crippen LogP contribution in [0, 0.1) is 11.3 Å². The topological polar surface area (TPSA) is 73.1 Å². The van der Waals surface area contributed by atoms with Crippen molar-refractivity contribution in [2.45, 2.75) is 19.9 Å². The zero-order valence-corrected chi connectivity index (χ0v) is 14.4. The molecule has 0 atom stereocenters. The molecule has 0 N–H and O–H groups in total. The third kappa shape index (κ3) is 4.01. The molecule has 0 unspecified atom stereocenters. The maximum atomic E-state index is 12.5. The summed E-state index contributed by atoms with van der Waals surface area (Å²) >= 11 is 0. The fraction of sp³-hybridized carbons (Fsp3) is 0.368. The van der Waals surface area contributed by atoms with Crippen molar-refractivity contribution in [2.75, 3.05) is 26.2 Å². The van der Waals surface area contributed by atoms with Gasteiger partial charge in [-0.05, 0) is 11.6 Å². The second kappa shape index (κ2) is 7.86. The molecule has 1 amide bonds. The van der Waals surface area contributed by atoms with Crippen LogP contribution in [0.4, 0.5) is 0 Å². The summed E-state index contributed by atoms with van der Waals surface area (Å²) < 4.78 is 0. The van der Waals surface area contributed by atoms with Crippen LogP contribution in [-0.4, -0.2) is 51.9 Å². The molecule has 1 aliphatic heterocycles. The second-order valence-electron chi connectivity index (χ2n) is 6.08. The number of hydrogen-bond acceptors (Lipinski definition) is 5. The molecule has 128 valence electrons. The molecule has 0 spiro atoms. The van der Waals surface area contributed by atoms with Crippen molar-refractivity contribution in [3.05, 3.63) is 59.2 Å². The summed E-state index contributed by atoms with van der Waals surface area (Å²) in [5.74, 6) is 0.734. The lowest BCUT2D eigenvalue weighted by atomic mass is 10.1. The Balaban J connectivity index is 1.58. The third-order valence-corrected chi connectivity index (χ3v) is 4.46. The minimum absolute atomic E-state index is 0.0141. The maximum absolute atomic E-state index is 12.5. The van der Waals surface area contributed by atoms with E-state index >= 15 is 0 Å². The summed E-state index contributed by atoms with van der Waals surface area (Å²) in [5.41, 5.74) is 2.29. The number of carbonyl (C=O) groups is 1. The minimum atomic E-state index is -0.0141. The van der Waals surface area contributed by atoms with E-state index in [1.54, 1.807) is 12.4 Å². The lowest BCUT2D eigenvalue weighted by Crippen LogP contribution is -2.48. The van der Waals surface area contributed by atoms with E-state index in [-0.39, 0.29) is 5.91 Å². The molecule has 3 rings (SSSR count). The average molecular weight is 335 g/mol. The first kappa shape index (κ1) is 17.1. The molecule has 6 nitrogen and oxygen atoms in total. The summed E-state index contributed by atoms with van der Waals surface area (Å²) in [7, 11) is 0. The predicted molar refractivity (Wildman–Crippen MR) is 93.7 cm³/mol. The highest BCUT2D eigenvalue weighted by molar-refractivity contribution is 5.93. The Morgan fingerprint density at radius 1 is 1.16 bits per heavy atom. The number of piperazine rings is 1. The van der Waals surface area contributed by atoms with Crippen molar-refractivity contribution in [1.29, 1.82) is 5.26 Å². The zero-order chi connectivity index (χ0) is 17.6. The van der Waals surface area contributed by atoms with Gasteiger partial charge in [0.15, 0.2) is 0 Å². The van der Waals surface area contributed by atoms with Crippen LogP contribution in [0.5, 0.6) is 0 Å². The summed E-state index contributed by atoms with van der Waals surface area (Å²) in [6.07, 6.45) is 3.99. The van der Waals surface area contributed by atoms with E-state index < -0.39 is 0 Å². The Morgan fingerprint density at radius 2 is 1.84 bits per heavy atom. The Bertz CT molecular complexity index is 773. The zero-order valence-electron chi connectivity index (χ0n) is 14.4.